The number of nitrogens with two attached hydrogens (primary N) is 2. The Morgan fingerprint density at radius 2 is 1.50 bits per heavy atom. The molecule has 6 atom stereocenters. The minimum atomic E-state index is -4.06. The van der Waals surface area contributed by atoms with Crippen molar-refractivity contribution in [3.8, 4) is 5.75 Å². The number of aliphatic hydroxyl groups excluding tert-OH is 1. The molecule has 0 aliphatic carbocycles. The zero-order valence-electron chi connectivity index (χ0n) is 26.3. The highest BCUT2D eigenvalue weighted by molar-refractivity contribution is 7.52. The maximum Gasteiger partial charge on any atom is 0.459 e. The summed E-state index contributed by atoms with van der Waals surface area (Å²) in [6.07, 6.45) is -0.371. The number of para-hydroxylation sites is 1. The molecular weight excluding hydrogens is 657 g/mol. The summed E-state index contributed by atoms with van der Waals surface area (Å²) in [5.74, 6) is -0.100. The number of carbonyl (C=O) groups is 1. The first-order valence-corrected chi connectivity index (χ1v) is 16.2. The Labute approximate surface area is 274 Å². The molecule has 262 valence electrons. The standard InChI is InChI=1S/C20H27N4O8P.C8H11N3O4/c1-13(2)30-19(25)14(3)23-33(27,32-15-7-5-4-6-8-15)29-12-18-28-11-17(31-18)24-10-9-16(21)22-20(24)26;9-5-1-2-11(8(13)10-5)6-4-14-7(3-12)15-6/h4-10,13-14,17-18H,11-12H2,1-3H3,(H,23,27)(H2,21,22,26);1-2,6-7,12H,3-4H2,(H2,9,10,13)/t14-,17-,18-,33+;6-,7-/m00/s1. The van der Waals surface area contributed by atoms with Crippen LogP contribution in [0.5, 0.6) is 5.75 Å². The van der Waals surface area contributed by atoms with E-state index in [1.165, 1.54) is 40.6 Å². The van der Waals surface area contributed by atoms with Crippen LogP contribution in [0.15, 0.2) is 64.4 Å². The second kappa shape index (κ2) is 16.8. The predicted molar refractivity (Wildman–Crippen MR) is 167 cm³/mol. The van der Waals surface area contributed by atoms with Crippen LogP contribution in [0, 0.1) is 0 Å². The van der Waals surface area contributed by atoms with Gasteiger partial charge in [0.15, 0.2) is 25.0 Å². The van der Waals surface area contributed by atoms with E-state index >= 15 is 0 Å². The van der Waals surface area contributed by atoms with Crippen LogP contribution in [0.1, 0.15) is 33.2 Å². The first-order valence-electron chi connectivity index (χ1n) is 14.7. The highest BCUT2D eigenvalue weighted by atomic mass is 31.2. The first kappa shape index (κ1) is 36.6. The average molecular weight is 696 g/mol. The van der Waals surface area contributed by atoms with Crippen LogP contribution in [0.3, 0.4) is 0 Å². The number of aromatic nitrogens is 4. The lowest BCUT2D eigenvalue weighted by atomic mass is 10.3. The molecule has 0 bridgehead atoms. The van der Waals surface area contributed by atoms with Crippen molar-refractivity contribution in [3.63, 3.8) is 0 Å². The Morgan fingerprint density at radius 3 is 2.00 bits per heavy atom. The summed E-state index contributed by atoms with van der Waals surface area (Å²) in [4.78, 5) is 42.8. The molecule has 2 aromatic heterocycles. The van der Waals surface area contributed by atoms with Crippen LogP contribution in [0.4, 0.5) is 11.6 Å². The molecule has 1 aromatic carbocycles. The van der Waals surface area contributed by atoms with E-state index in [1.807, 2.05) is 0 Å². The lowest BCUT2D eigenvalue weighted by Gasteiger charge is -2.24. The molecule has 48 heavy (non-hydrogen) atoms. The third-order valence-corrected chi connectivity index (χ3v) is 7.99. The van der Waals surface area contributed by atoms with E-state index in [9.17, 15) is 18.9 Å². The van der Waals surface area contributed by atoms with Crippen molar-refractivity contribution in [2.24, 2.45) is 0 Å². The second-order valence-corrected chi connectivity index (χ2v) is 12.2. The van der Waals surface area contributed by atoms with Crippen LogP contribution in [-0.2, 0) is 37.6 Å². The van der Waals surface area contributed by atoms with Gasteiger partial charge < -0.3 is 44.8 Å². The zero-order valence-corrected chi connectivity index (χ0v) is 27.2. The van der Waals surface area contributed by atoms with Crippen LogP contribution in [-0.4, -0.2) is 81.3 Å². The molecule has 0 radical (unpaired) electrons. The maximum atomic E-state index is 13.4. The quantitative estimate of drug-likeness (QED) is 0.149. The number of carbonyl (C=O) groups excluding carboxylic acids is 1. The lowest BCUT2D eigenvalue weighted by molar-refractivity contribution is -0.149. The Kier molecular flexibility index (Phi) is 12.8. The molecule has 2 aliphatic heterocycles. The summed E-state index contributed by atoms with van der Waals surface area (Å²) in [5.41, 5.74) is 9.75. The van der Waals surface area contributed by atoms with Crippen LogP contribution >= 0.6 is 7.75 Å². The number of benzene rings is 1. The molecular formula is C28H38N7O12P. The monoisotopic (exact) mass is 695 g/mol. The van der Waals surface area contributed by atoms with Gasteiger partial charge in [0, 0.05) is 12.4 Å². The molecule has 0 amide bonds. The number of nitrogen functional groups attached to an aromatic ring is 2. The van der Waals surface area contributed by atoms with Gasteiger partial charge in [0.2, 0.25) is 0 Å². The van der Waals surface area contributed by atoms with E-state index in [-0.39, 0.29) is 49.9 Å². The second-order valence-electron chi connectivity index (χ2n) is 10.5. The number of ether oxygens (including phenoxy) is 5. The van der Waals surface area contributed by atoms with Crippen molar-refractivity contribution in [2.45, 2.75) is 58.0 Å². The fourth-order valence-electron chi connectivity index (χ4n) is 4.15. The third kappa shape index (κ3) is 10.4. The highest BCUT2D eigenvalue weighted by Gasteiger charge is 2.36. The number of hydrogen-bond donors (Lipinski definition) is 4. The van der Waals surface area contributed by atoms with E-state index in [1.54, 1.807) is 44.2 Å². The summed E-state index contributed by atoms with van der Waals surface area (Å²) >= 11 is 0. The number of nitrogens with zero attached hydrogens (tertiary/aromatic N) is 4. The van der Waals surface area contributed by atoms with Gasteiger partial charge in [0.05, 0.1) is 25.9 Å². The number of anilines is 2. The van der Waals surface area contributed by atoms with Crippen LogP contribution in [0.2, 0.25) is 0 Å². The van der Waals surface area contributed by atoms with Crippen molar-refractivity contribution in [3.05, 3.63) is 75.8 Å². The molecule has 3 aromatic rings. The summed E-state index contributed by atoms with van der Waals surface area (Å²) in [5, 5.41) is 11.3. The molecule has 5 rings (SSSR count). The van der Waals surface area contributed by atoms with Gasteiger partial charge in [-0.1, -0.05) is 18.2 Å². The molecule has 19 nitrogen and oxygen atoms in total. The van der Waals surface area contributed by atoms with Gasteiger partial charge >= 0.3 is 25.1 Å². The van der Waals surface area contributed by atoms with Crippen LogP contribution in [0.25, 0.3) is 0 Å². The van der Waals surface area contributed by atoms with Gasteiger partial charge in [-0.05, 0) is 45.0 Å². The summed E-state index contributed by atoms with van der Waals surface area (Å²) < 4.78 is 53.6. The SMILES string of the molecule is CC(C)OC(=O)[C@H](C)N[P@@](=O)(OC[C@H]1OC[C@@H](n2ccc(N)nc2=O)O1)Oc1ccccc1.Nc1ccn([C@@H]2CO[C@H](CO)O2)c(=O)n1. The Balaban J connectivity index is 0.000000287. The first-order chi connectivity index (χ1) is 22.9. The number of nitrogens with one attached hydrogen (secondary N) is 1. The summed E-state index contributed by atoms with van der Waals surface area (Å²) in [7, 11) is -4.06. The maximum absolute atomic E-state index is 13.4. The van der Waals surface area contributed by atoms with E-state index in [0.717, 1.165) is 0 Å². The Morgan fingerprint density at radius 1 is 0.958 bits per heavy atom. The normalized spacial score (nSPS) is 22.4. The molecule has 4 heterocycles. The minimum absolute atomic E-state index is 0.0356. The molecule has 0 spiro atoms. The van der Waals surface area contributed by atoms with Gasteiger partial charge in [-0.2, -0.15) is 15.1 Å². The lowest BCUT2D eigenvalue weighted by Crippen LogP contribution is -2.36. The van der Waals surface area contributed by atoms with Gasteiger partial charge in [-0.25, -0.2) is 14.2 Å². The van der Waals surface area contributed by atoms with Gasteiger partial charge in [-0.15, -0.1) is 0 Å². The van der Waals surface area contributed by atoms with Gasteiger partial charge in [-0.3, -0.25) is 18.5 Å². The number of hydrogen-bond acceptors (Lipinski definition) is 16. The van der Waals surface area contributed by atoms with Crippen molar-refractivity contribution < 1.29 is 47.2 Å². The summed E-state index contributed by atoms with van der Waals surface area (Å²) in [6, 6.07) is 10.3. The van der Waals surface area contributed by atoms with E-state index in [2.05, 4.69) is 15.1 Å². The average Bonchev–Trinajstić information content (AvgIpc) is 3.71. The smallest absolute Gasteiger partial charge is 0.459 e. The molecule has 2 saturated heterocycles. The van der Waals surface area contributed by atoms with E-state index in [4.69, 9.17) is 49.3 Å². The predicted octanol–water partition coefficient (Wildman–Crippen LogP) is 0.520. The molecule has 0 unspecified atom stereocenters. The van der Waals surface area contributed by atoms with Gasteiger partial charge in [0.1, 0.15) is 30.0 Å². The summed E-state index contributed by atoms with van der Waals surface area (Å²) in [6.45, 7) is 4.58. The highest BCUT2D eigenvalue weighted by Crippen LogP contribution is 2.45. The molecule has 20 heteroatoms. The van der Waals surface area contributed by atoms with Crippen molar-refractivity contribution in [2.75, 3.05) is 37.9 Å². The van der Waals surface area contributed by atoms with Gasteiger partial charge in [0.25, 0.3) is 0 Å². The zero-order chi connectivity index (χ0) is 34.8. The topological polar surface area (TPSA) is 253 Å². The molecule has 2 fully saturated rings. The fourth-order valence-corrected chi connectivity index (χ4v) is 5.62. The Bertz CT molecular complexity index is 1670. The van der Waals surface area contributed by atoms with Crippen molar-refractivity contribution in [1.29, 1.82) is 0 Å². The van der Waals surface area contributed by atoms with E-state index in [0.29, 0.717) is 0 Å². The van der Waals surface area contributed by atoms with E-state index < -0.39 is 56.2 Å². The third-order valence-electron chi connectivity index (χ3n) is 6.35. The molecule has 6 N–H and O–H groups in total. The molecule has 0 saturated carbocycles. The van der Waals surface area contributed by atoms with Crippen LogP contribution < -0.4 is 32.5 Å². The number of aliphatic hydroxyl groups is 1. The van der Waals surface area contributed by atoms with Crippen molar-refractivity contribution >= 4 is 25.4 Å². The minimum Gasteiger partial charge on any atom is -0.462 e. The number of esters is 1. The number of rotatable bonds is 12. The molecule has 2 aliphatic rings. The largest absolute Gasteiger partial charge is 0.462 e. The van der Waals surface area contributed by atoms with Crippen molar-refractivity contribution in [1.82, 2.24) is 24.2 Å². The fraction of sp³-hybridized carbons (Fsp3) is 0.464. The Hall–Kier alpha value is -4.20.